The number of aryl methyl sites for hydroxylation is 1. The number of hydrogen-bond donors (Lipinski definition) is 1. The van der Waals surface area contributed by atoms with Gasteiger partial charge in [0.15, 0.2) is 5.82 Å². The number of H-pyrrole nitrogens is 1. The molecule has 10 heteroatoms. The van der Waals surface area contributed by atoms with Crippen LogP contribution in [0.25, 0.3) is 11.4 Å². The van der Waals surface area contributed by atoms with Gasteiger partial charge in [0, 0.05) is 38.1 Å². The van der Waals surface area contributed by atoms with Gasteiger partial charge in [-0.3, -0.25) is 14.4 Å². The van der Waals surface area contributed by atoms with Crippen LogP contribution in [0.15, 0.2) is 29.1 Å². The summed E-state index contributed by atoms with van der Waals surface area (Å²) in [4.78, 5) is 41.4. The lowest BCUT2D eigenvalue weighted by Crippen LogP contribution is -2.40. The highest BCUT2D eigenvalue weighted by molar-refractivity contribution is 5.77. The summed E-state index contributed by atoms with van der Waals surface area (Å²) in [7, 11) is 0. The molecule has 2 heterocycles. The lowest BCUT2D eigenvalue weighted by atomic mass is 9.96. The minimum absolute atomic E-state index is 0.0653. The van der Waals surface area contributed by atoms with Crippen molar-refractivity contribution >= 4 is 11.9 Å². The second-order valence-electron chi connectivity index (χ2n) is 7.93. The van der Waals surface area contributed by atoms with Gasteiger partial charge in [0.05, 0.1) is 19.1 Å². The SMILES string of the molecule is CCOCCOc1cccc(-c2nnc(CCC(=O)N3CCC(C(=O)OCC)CC3)c(=O)[nH]2)c1. The number of benzene rings is 1. The van der Waals surface area contributed by atoms with Crippen LogP contribution in [-0.4, -0.2) is 71.5 Å². The van der Waals surface area contributed by atoms with E-state index in [1.54, 1.807) is 24.0 Å². The van der Waals surface area contributed by atoms with Gasteiger partial charge in [0.1, 0.15) is 18.1 Å². The Morgan fingerprint density at radius 2 is 1.91 bits per heavy atom. The quantitative estimate of drug-likeness (QED) is 0.389. The molecule has 0 radical (unpaired) electrons. The second kappa shape index (κ2) is 12.8. The summed E-state index contributed by atoms with van der Waals surface area (Å²) >= 11 is 0. The van der Waals surface area contributed by atoms with Gasteiger partial charge in [-0.25, -0.2) is 0 Å². The molecule has 0 unspecified atom stereocenters. The third-order valence-electron chi connectivity index (χ3n) is 5.62. The van der Waals surface area contributed by atoms with Gasteiger partial charge in [-0.2, -0.15) is 0 Å². The molecule has 1 amide bonds. The molecule has 0 saturated carbocycles. The van der Waals surface area contributed by atoms with Crippen LogP contribution in [0.1, 0.15) is 38.8 Å². The zero-order valence-electron chi connectivity index (χ0n) is 19.7. The molecular formula is C24H32N4O6. The summed E-state index contributed by atoms with van der Waals surface area (Å²) in [5, 5.41) is 8.19. The van der Waals surface area contributed by atoms with E-state index in [-0.39, 0.29) is 41.9 Å². The van der Waals surface area contributed by atoms with Gasteiger partial charge >= 0.3 is 5.97 Å². The number of piperidine rings is 1. The van der Waals surface area contributed by atoms with E-state index < -0.39 is 0 Å². The number of nitrogens with zero attached hydrogens (tertiary/aromatic N) is 3. The summed E-state index contributed by atoms with van der Waals surface area (Å²) < 4.78 is 16.0. The second-order valence-corrected chi connectivity index (χ2v) is 7.93. The molecule has 1 fully saturated rings. The first-order valence-corrected chi connectivity index (χ1v) is 11.7. The molecule has 10 nitrogen and oxygen atoms in total. The Bertz CT molecular complexity index is 1020. The summed E-state index contributed by atoms with van der Waals surface area (Å²) in [6.07, 6.45) is 1.53. The minimum atomic E-state index is -0.374. The van der Waals surface area contributed by atoms with Crippen LogP contribution in [-0.2, 0) is 25.5 Å². The fraction of sp³-hybridized carbons (Fsp3) is 0.542. The number of likely N-dealkylation sites (tertiary alicyclic amines) is 1. The van der Waals surface area contributed by atoms with Crippen LogP contribution in [0, 0.1) is 5.92 Å². The topological polar surface area (TPSA) is 124 Å². The van der Waals surface area contributed by atoms with Gasteiger partial charge in [-0.05, 0) is 38.8 Å². The van der Waals surface area contributed by atoms with Crippen molar-refractivity contribution in [2.45, 2.75) is 39.5 Å². The molecule has 0 atom stereocenters. The van der Waals surface area contributed by atoms with Gasteiger partial charge < -0.3 is 24.1 Å². The fourth-order valence-corrected chi connectivity index (χ4v) is 3.76. The van der Waals surface area contributed by atoms with Crippen molar-refractivity contribution in [3.63, 3.8) is 0 Å². The molecule has 0 spiro atoms. The maximum Gasteiger partial charge on any atom is 0.309 e. The molecule has 2 aromatic rings. The lowest BCUT2D eigenvalue weighted by Gasteiger charge is -2.30. The van der Waals surface area contributed by atoms with E-state index in [1.807, 2.05) is 19.1 Å². The molecule has 34 heavy (non-hydrogen) atoms. The molecule has 0 bridgehead atoms. The Kier molecular flexibility index (Phi) is 9.57. The van der Waals surface area contributed by atoms with Crippen molar-refractivity contribution in [3.05, 3.63) is 40.3 Å². The maximum atomic E-state index is 12.6. The Morgan fingerprint density at radius 1 is 1.12 bits per heavy atom. The van der Waals surface area contributed by atoms with E-state index in [0.29, 0.717) is 69.5 Å². The van der Waals surface area contributed by atoms with Gasteiger partial charge in [-0.1, -0.05) is 12.1 Å². The van der Waals surface area contributed by atoms with E-state index in [0.717, 1.165) is 0 Å². The number of amides is 1. The number of aromatic nitrogens is 3. The van der Waals surface area contributed by atoms with Crippen LogP contribution < -0.4 is 10.3 Å². The van der Waals surface area contributed by atoms with Crippen molar-refractivity contribution in [3.8, 4) is 17.1 Å². The van der Waals surface area contributed by atoms with E-state index in [1.165, 1.54) is 0 Å². The van der Waals surface area contributed by atoms with Crippen molar-refractivity contribution < 1.29 is 23.8 Å². The highest BCUT2D eigenvalue weighted by atomic mass is 16.5. The predicted octanol–water partition coefficient (Wildman–Crippen LogP) is 1.98. The summed E-state index contributed by atoms with van der Waals surface area (Å²) in [5.74, 6) is 0.556. The molecule has 0 aliphatic carbocycles. The van der Waals surface area contributed by atoms with Crippen molar-refractivity contribution in [1.82, 2.24) is 20.1 Å². The molecule has 3 rings (SSSR count). The van der Waals surface area contributed by atoms with Crippen molar-refractivity contribution in [2.24, 2.45) is 5.92 Å². The molecule has 1 aliphatic rings. The summed E-state index contributed by atoms with van der Waals surface area (Å²) in [6, 6.07) is 7.20. The number of rotatable bonds is 11. The largest absolute Gasteiger partial charge is 0.491 e. The molecule has 1 N–H and O–H groups in total. The Balaban J connectivity index is 1.52. The first kappa shape index (κ1) is 25.4. The smallest absolute Gasteiger partial charge is 0.309 e. The highest BCUT2D eigenvalue weighted by Gasteiger charge is 2.28. The lowest BCUT2D eigenvalue weighted by molar-refractivity contribution is -0.151. The molecule has 1 aromatic heterocycles. The number of esters is 1. The van der Waals surface area contributed by atoms with E-state index in [2.05, 4.69) is 15.2 Å². The molecular weight excluding hydrogens is 440 g/mol. The molecule has 1 aliphatic heterocycles. The van der Waals surface area contributed by atoms with Crippen molar-refractivity contribution in [1.29, 1.82) is 0 Å². The maximum absolute atomic E-state index is 12.6. The number of nitrogens with one attached hydrogen (secondary N) is 1. The average Bonchev–Trinajstić information content (AvgIpc) is 2.86. The van der Waals surface area contributed by atoms with Crippen LogP contribution in [0.3, 0.4) is 0 Å². The fourth-order valence-electron chi connectivity index (χ4n) is 3.76. The number of ether oxygens (including phenoxy) is 3. The van der Waals surface area contributed by atoms with Crippen LogP contribution in [0.4, 0.5) is 0 Å². The monoisotopic (exact) mass is 472 g/mol. The van der Waals surface area contributed by atoms with E-state index in [4.69, 9.17) is 14.2 Å². The Hall–Kier alpha value is -3.27. The molecule has 1 saturated heterocycles. The van der Waals surface area contributed by atoms with Crippen molar-refractivity contribution in [2.75, 3.05) is 39.5 Å². The third-order valence-corrected chi connectivity index (χ3v) is 5.62. The van der Waals surface area contributed by atoms with Gasteiger partial charge in [0.25, 0.3) is 5.56 Å². The molecule has 184 valence electrons. The zero-order chi connectivity index (χ0) is 24.3. The number of carbonyl (C=O) groups is 2. The van der Waals surface area contributed by atoms with E-state index in [9.17, 15) is 14.4 Å². The number of hydrogen-bond acceptors (Lipinski definition) is 8. The first-order chi connectivity index (χ1) is 16.5. The Morgan fingerprint density at radius 3 is 2.62 bits per heavy atom. The predicted molar refractivity (Wildman–Crippen MR) is 124 cm³/mol. The van der Waals surface area contributed by atoms with Crippen LogP contribution in [0.5, 0.6) is 5.75 Å². The third kappa shape index (κ3) is 7.11. The number of aromatic amines is 1. The zero-order valence-corrected chi connectivity index (χ0v) is 19.7. The normalized spacial score (nSPS) is 14.1. The Labute approximate surface area is 198 Å². The van der Waals surface area contributed by atoms with Gasteiger partial charge in [-0.15, -0.1) is 10.2 Å². The number of carbonyl (C=O) groups excluding carboxylic acids is 2. The average molecular weight is 473 g/mol. The first-order valence-electron chi connectivity index (χ1n) is 11.7. The van der Waals surface area contributed by atoms with Crippen LogP contribution >= 0.6 is 0 Å². The summed E-state index contributed by atoms with van der Waals surface area (Å²) in [5.41, 5.74) is 0.509. The van der Waals surface area contributed by atoms with E-state index >= 15 is 0 Å². The van der Waals surface area contributed by atoms with Gasteiger partial charge in [0.2, 0.25) is 5.91 Å². The highest BCUT2D eigenvalue weighted by Crippen LogP contribution is 2.21. The molecule has 1 aromatic carbocycles. The standard InChI is InChI=1S/C24H32N4O6/c1-3-32-14-15-34-19-7-5-6-18(16-19)22-25-23(30)20(26-27-22)8-9-21(29)28-12-10-17(11-13-28)24(31)33-4-2/h5-7,16-17H,3-4,8-15H2,1-2H3,(H,25,27,30). The van der Waals surface area contributed by atoms with Crippen LogP contribution in [0.2, 0.25) is 0 Å². The minimum Gasteiger partial charge on any atom is -0.491 e. The summed E-state index contributed by atoms with van der Waals surface area (Å²) in [6.45, 7) is 6.63.